The lowest BCUT2D eigenvalue weighted by Crippen LogP contribution is -2.62. The van der Waals surface area contributed by atoms with Crippen molar-refractivity contribution < 1.29 is 0 Å². The molecular weight excluding hydrogens is 222 g/mol. The molecule has 2 aliphatic rings. The second-order valence-electron chi connectivity index (χ2n) is 6.81. The highest BCUT2D eigenvalue weighted by molar-refractivity contribution is 5.03. The number of rotatable bonds is 6. The van der Waals surface area contributed by atoms with Crippen molar-refractivity contribution >= 4 is 0 Å². The van der Waals surface area contributed by atoms with E-state index < -0.39 is 0 Å². The first-order chi connectivity index (χ1) is 8.57. The minimum atomic E-state index is 0.314. The largest absolute Gasteiger partial charge is 0.329 e. The lowest BCUT2D eigenvalue weighted by atomic mass is 9.63. The molecule has 106 valence electrons. The van der Waals surface area contributed by atoms with Crippen LogP contribution >= 0.6 is 0 Å². The number of likely N-dealkylation sites (tertiary alicyclic amines) is 1. The third-order valence-electron chi connectivity index (χ3n) is 5.37. The Labute approximate surface area is 113 Å². The van der Waals surface area contributed by atoms with Crippen molar-refractivity contribution in [2.75, 3.05) is 39.8 Å². The van der Waals surface area contributed by atoms with Crippen molar-refractivity contribution in [3.05, 3.63) is 0 Å². The van der Waals surface area contributed by atoms with E-state index in [1.807, 2.05) is 0 Å². The van der Waals surface area contributed by atoms with Crippen molar-refractivity contribution in [2.45, 2.75) is 45.1 Å². The van der Waals surface area contributed by atoms with Crippen LogP contribution in [0.1, 0.15) is 39.5 Å². The van der Waals surface area contributed by atoms with E-state index in [4.69, 9.17) is 5.73 Å². The number of nitrogens with zero attached hydrogens (tertiary/aromatic N) is 2. The minimum Gasteiger partial charge on any atom is -0.329 e. The van der Waals surface area contributed by atoms with E-state index >= 15 is 0 Å². The summed E-state index contributed by atoms with van der Waals surface area (Å²) < 4.78 is 0. The first-order valence-electron chi connectivity index (χ1n) is 7.71. The van der Waals surface area contributed by atoms with E-state index in [9.17, 15) is 0 Å². The molecule has 0 amide bonds. The Morgan fingerprint density at radius 1 is 1.28 bits per heavy atom. The molecule has 0 aromatic carbocycles. The Morgan fingerprint density at radius 3 is 2.39 bits per heavy atom. The maximum Gasteiger partial charge on any atom is 0.0334 e. The molecule has 0 aromatic rings. The minimum absolute atomic E-state index is 0.314. The summed E-state index contributed by atoms with van der Waals surface area (Å²) >= 11 is 0. The van der Waals surface area contributed by atoms with E-state index in [0.29, 0.717) is 5.54 Å². The topological polar surface area (TPSA) is 32.5 Å². The van der Waals surface area contributed by atoms with Gasteiger partial charge in [0.25, 0.3) is 0 Å². The normalized spacial score (nSPS) is 33.3. The van der Waals surface area contributed by atoms with E-state index in [2.05, 4.69) is 30.7 Å². The molecule has 0 radical (unpaired) electrons. The van der Waals surface area contributed by atoms with E-state index in [1.54, 1.807) is 0 Å². The van der Waals surface area contributed by atoms with Gasteiger partial charge in [0.15, 0.2) is 0 Å². The molecule has 1 heterocycles. The molecule has 0 aromatic heterocycles. The summed E-state index contributed by atoms with van der Waals surface area (Å²) in [4.78, 5) is 5.14. The van der Waals surface area contributed by atoms with Gasteiger partial charge in [0, 0.05) is 25.2 Å². The molecule has 2 rings (SSSR count). The van der Waals surface area contributed by atoms with Crippen LogP contribution in [-0.2, 0) is 0 Å². The third-order valence-corrected chi connectivity index (χ3v) is 5.37. The predicted molar refractivity (Wildman–Crippen MR) is 77.7 cm³/mol. The zero-order valence-electron chi connectivity index (χ0n) is 12.5. The number of nitrogens with two attached hydrogens (primary N) is 1. The van der Waals surface area contributed by atoms with Crippen LogP contribution in [0, 0.1) is 11.8 Å². The van der Waals surface area contributed by atoms with Crippen LogP contribution in [0.2, 0.25) is 0 Å². The van der Waals surface area contributed by atoms with Crippen LogP contribution in [0.25, 0.3) is 0 Å². The highest BCUT2D eigenvalue weighted by atomic mass is 15.2. The molecule has 3 nitrogen and oxygen atoms in total. The second kappa shape index (κ2) is 5.89. The lowest BCUT2D eigenvalue weighted by Gasteiger charge is -2.54. The smallest absolute Gasteiger partial charge is 0.0334 e. The van der Waals surface area contributed by atoms with Crippen LogP contribution in [0.4, 0.5) is 0 Å². The molecule has 3 heteroatoms. The molecule has 0 atom stereocenters. The number of hydrogen-bond acceptors (Lipinski definition) is 3. The Bertz CT molecular complexity index is 252. The summed E-state index contributed by atoms with van der Waals surface area (Å²) in [5.41, 5.74) is 6.37. The van der Waals surface area contributed by atoms with Gasteiger partial charge in [-0.25, -0.2) is 0 Å². The van der Waals surface area contributed by atoms with Crippen LogP contribution in [0.15, 0.2) is 0 Å². The first kappa shape index (κ1) is 14.3. The zero-order chi connectivity index (χ0) is 13.2. The van der Waals surface area contributed by atoms with E-state index in [0.717, 1.165) is 18.4 Å². The number of hydrogen-bond donors (Lipinski definition) is 1. The van der Waals surface area contributed by atoms with Gasteiger partial charge >= 0.3 is 0 Å². The van der Waals surface area contributed by atoms with Gasteiger partial charge in [-0.1, -0.05) is 13.8 Å². The molecule has 18 heavy (non-hydrogen) atoms. The molecular formula is C15H31N3. The summed E-state index contributed by atoms with van der Waals surface area (Å²) in [6, 6.07) is 0. The van der Waals surface area contributed by atoms with Gasteiger partial charge in [0.1, 0.15) is 0 Å². The molecule has 2 fully saturated rings. The van der Waals surface area contributed by atoms with E-state index in [1.165, 1.54) is 51.9 Å². The van der Waals surface area contributed by atoms with Gasteiger partial charge in [-0.05, 0) is 57.7 Å². The summed E-state index contributed by atoms with van der Waals surface area (Å²) in [6.07, 6.45) is 5.39. The standard InChI is InChI=1S/C15H31N3/c1-13(2)14-10-15(11-14,12-16)17(3)8-9-18-6-4-5-7-18/h13-14H,4-12,16H2,1-3H3. The average molecular weight is 253 g/mol. The Hall–Kier alpha value is -0.120. The first-order valence-corrected chi connectivity index (χ1v) is 7.71. The fraction of sp³-hybridized carbons (Fsp3) is 1.00. The molecule has 0 unspecified atom stereocenters. The highest BCUT2D eigenvalue weighted by Crippen LogP contribution is 2.44. The van der Waals surface area contributed by atoms with Gasteiger partial charge in [-0.3, -0.25) is 4.90 Å². The van der Waals surface area contributed by atoms with Crippen LogP contribution in [0.3, 0.4) is 0 Å². The van der Waals surface area contributed by atoms with Crippen LogP contribution in [0.5, 0.6) is 0 Å². The predicted octanol–water partition coefficient (Wildman–Crippen LogP) is 1.78. The molecule has 1 aliphatic carbocycles. The Morgan fingerprint density at radius 2 is 1.89 bits per heavy atom. The fourth-order valence-electron chi connectivity index (χ4n) is 3.56. The summed E-state index contributed by atoms with van der Waals surface area (Å²) in [7, 11) is 2.28. The lowest BCUT2D eigenvalue weighted by molar-refractivity contribution is -0.0225. The maximum atomic E-state index is 6.06. The van der Waals surface area contributed by atoms with Gasteiger partial charge in [-0.2, -0.15) is 0 Å². The van der Waals surface area contributed by atoms with Gasteiger partial charge in [0.2, 0.25) is 0 Å². The SMILES string of the molecule is CC(C)C1CC(CN)(N(C)CCN2CCCC2)C1. The van der Waals surface area contributed by atoms with Gasteiger partial charge in [0.05, 0.1) is 0 Å². The zero-order valence-corrected chi connectivity index (χ0v) is 12.5. The van der Waals surface area contributed by atoms with Crippen molar-refractivity contribution in [3.63, 3.8) is 0 Å². The van der Waals surface area contributed by atoms with Crippen molar-refractivity contribution in [1.29, 1.82) is 0 Å². The molecule has 2 N–H and O–H groups in total. The summed E-state index contributed by atoms with van der Waals surface area (Å²) in [5, 5.41) is 0. The summed E-state index contributed by atoms with van der Waals surface area (Å²) in [5.74, 6) is 1.71. The average Bonchev–Trinajstić information content (AvgIpc) is 2.78. The van der Waals surface area contributed by atoms with Crippen molar-refractivity contribution in [1.82, 2.24) is 9.80 Å². The van der Waals surface area contributed by atoms with Crippen LogP contribution < -0.4 is 5.73 Å². The molecule has 1 aliphatic heterocycles. The maximum absolute atomic E-state index is 6.06. The highest BCUT2D eigenvalue weighted by Gasteiger charge is 2.46. The summed E-state index contributed by atoms with van der Waals surface area (Å²) in [6.45, 7) is 10.5. The number of likely N-dealkylation sites (N-methyl/N-ethyl adjacent to an activating group) is 1. The second-order valence-corrected chi connectivity index (χ2v) is 6.81. The van der Waals surface area contributed by atoms with Crippen LogP contribution in [-0.4, -0.2) is 55.1 Å². The third kappa shape index (κ3) is 2.89. The fourth-order valence-corrected chi connectivity index (χ4v) is 3.56. The molecule has 0 bridgehead atoms. The van der Waals surface area contributed by atoms with Crippen molar-refractivity contribution in [3.8, 4) is 0 Å². The Kier molecular flexibility index (Phi) is 4.68. The Balaban J connectivity index is 1.77. The van der Waals surface area contributed by atoms with Gasteiger partial charge < -0.3 is 10.6 Å². The van der Waals surface area contributed by atoms with Gasteiger partial charge in [-0.15, -0.1) is 0 Å². The molecule has 1 saturated carbocycles. The van der Waals surface area contributed by atoms with E-state index in [-0.39, 0.29) is 0 Å². The monoisotopic (exact) mass is 253 g/mol. The molecule has 0 spiro atoms. The molecule has 1 saturated heterocycles. The van der Waals surface area contributed by atoms with Crippen molar-refractivity contribution in [2.24, 2.45) is 17.6 Å². The quantitative estimate of drug-likeness (QED) is 0.783.